The molecule has 7 heteroatoms. The Labute approximate surface area is 166 Å². The standard InChI is InChI=1S/C21H30N4O3/c1-4-17(5-2)22-21(26)16-7-6-12-25(13-16)14-19-23-20(24-28-19)15-8-10-18(27-3)11-9-15/h8-11,16-17H,4-7,12-14H2,1-3H3,(H,22,26). The van der Waals surface area contributed by atoms with Gasteiger partial charge in [-0.2, -0.15) is 4.98 Å². The van der Waals surface area contributed by atoms with Crippen molar-refractivity contribution in [1.29, 1.82) is 0 Å². The number of nitrogens with zero attached hydrogens (tertiary/aromatic N) is 3. The van der Waals surface area contributed by atoms with Gasteiger partial charge in [0.05, 0.1) is 19.6 Å². The van der Waals surface area contributed by atoms with Crippen LogP contribution in [-0.4, -0.2) is 47.2 Å². The van der Waals surface area contributed by atoms with Crippen LogP contribution < -0.4 is 10.1 Å². The van der Waals surface area contributed by atoms with Crippen LogP contribution in [0, 0.1) is 5.92 Å². The molecule has 1 amide bonds. The zero-order valence-corrected chi connectivity index (χ0v) is 17.0. The number of hydrogen-bond donors (Lipinski definition) is 1. The predicted octanol–water partition coefficient (Wildman–Crippen LogP) is 3.26. The van der Waals surface area contributed by atoms with Gasteiger partial charge in [0.2, 0.25) is 17.6 Å². The minimum atomic E-state index is 0.0262. The Morgan fingerprint density at radius 1 is 1.32 bits per heavy atom. The molecule has 2 aromatic rings. The summed E-state index contributed by atoms with van der Waals surface area (Å²) >= 11 is 0. The first-order valence-corrected chi connectivity index (χ1v) is 10.1. The van der Waals surface area contributed by atoms with Gasteiger partial charge in [0, 0.05) is 18.2 Å². The van der Waals surface area contributed by atoms with Crippen LogP contribution in [-0.2, 0) is 11.3 Å². The van der Waals surface area contributed by atoms with Crippen LogP contribution in [0.3, 0.4) is 0 Å². The van der Waals surface area contributed by atoms with Gasteiger partial charge in [-0.3, -0.25) is 9.69 Å². The lowest BCUT2D eigenvalue weighted by Gasteiger charge is -2.31. The number of amides is 1. The molecule has 1 atom stereocenters. The van der Waals surface area contributed by atoms with E-state index in [-0.39, 0.29) is 17.9 Å². The topological polar surface area (TPSA) is 80.5 Å². The maximum absolute atomic E-state index is 12.6. The van der Waals surface area contributed by atoms with Gasteiger partial charge in [-0.15, -0.1) is 0 Å². The monoisotopic (exact) mass is 386 g/mol. The van der Waals surface area contributed by atoms with Crippen molar-refractivity contribution < 1.29 is 14.1 Å². The third kappa shape index (κ3) is 5.10. The number of rotatable bonds is 8. The lowest BCUT2D eigenvalue weighted by molar-refractivity contribution is -0.127. The van der Waals surface area contributed by atoms with Crippen molar-refractivity contribution in [1.82, 2.24) is 20.4 Å². The summed E-state index contributed by atoms with van der Waals surface area (Å²) < 4.78 is 10.6. The molecule has 0 aliphatic carbocycles. The summed E-state index contributed by atoms with van der Waals surface area (Å²) in [4.78, 5) is 19.3. The van der Waals surface area contributed by atoms with Crippen LogP contribution >= 0.6 is 0 Å². The fraction of sp³-hybridized carbons (Fsp3) is 0.571. The summed E-state index contributed by atoms with van der Waals surface area (Å²) in [7, 11) is 1.64. The Bertz CT molecular complexity index is 755. The van der Waals surface area contributed by atoms with E-state index in [4.69, 9.17) is 9.26 Å². The first-order chi connectivity index (χ1) is 13.6. The van der Waals surface area contributed by atoms with E-state index in [1.54, 1.807) is 7.11 Å². The largest absolute Gasteiger partial charge is 0.497 e. The van der Waals surface area contributed by atoms with Gasteiger partial charge in [0.15, 0.2) is 0 Å². The molecular formula is C21H30N4O3. The van der Waals surface area contributed by atoms with E-state index >= 15 is 0 Å². The number of carbonyl (C=O) groups is 1. The Kier molecular flexibility index (Phi) is 7.03. The molecule has 7 nitrogen and oxygen atoms in total. The molecule has 28 heavy (non-hydrogen) atoms. The minimum Gasteiger partial charge on any atom is -0.497 e. The number of hydrogen-bond acceptors (Lipinski definition) is 6. The van der Waals surface area contributed by atoms with Crippen LogP contribution in [0.5, 0.6) is 5.75 Å². The highest BCUT2D eigenvalue weighted by molar-refractivity contribution is 5.79. The molecule has 1 aliphatic heterocycles. The second-order valence-corrected chi connectivity index (χ2v) is 7.34. The van der Waals surface area contributed by atoms with Gasteiger partial charge in [-0.25, -0.2) is 0 Å². The number of ether oxygens (including phenoxy) is 1. The third-order valence-corrected chi connectivity index (χ3v) is 5.38. The molecule has 1 N–H and O–H groups in total. The highest BCUT2D eigenvalue weighted by Gasteiger charge is 2.27. The van der Waals surface area contributed by atoms with E-state index in [1.165, 1.54) is 0 Å². The van der Waals surface area contributed by atoms with Gasteiger partial charge < -0.3 is 14.6 Å². The molecule has 3 rings (SSSR count). The fourth-order valence-electron chi connectivity index (χ4n) is 3.59. The number of aromatic nitrogens is 2. The Morgan fingerprint density at radius 3 is 2.75 bits per heavy atom. The molecule has 0 saturated carbocycles. The Morgan fingerprint density at radius 2 is 2.07 bits per heavy atom. The summed E-state index contributed by atoms with van der Waals surface area (Å²) in [5.41, 5.74) is 0.886. The van der Waals surface area contributed by atoms with E-state index in [1.807, 2.05) is 24.3 Å². The summed E-state index contributed by atoms with van der Waals surface area (Å²) in [6.45, 7) is 6.45. The smallest absolute Gasteiger partial charge is 0.241 e. The van der Waals surface area contributed by atoms with Crippen LogP contribution in [0.4, 0.5) is 0 Å². The number of benzene rings is 1. The van der Waals surface area contributed by atoms with Gasteiger partial charge in [-0.1, -0.05) is 19.0 Å². The van der Waals surface area contributed by atoms with Crippen LogP contribution in [0.2, 0.25) is 0 Å². The second kappa shape index (κ2) is 9.68. The molecule has 1 unspecified atom stereocenters. The Hall–Kier alpha value is -2.41. The summed E-state index contributed by atoms with van der Waals surface area (Å²) in [5.74, 6) is 2.13. The van der Waals surface area contributed by atoms with Crippen LogP contribution in [0.15, 0.2) is 28.8 Å². The van der Waals surface area contributed by atoms with Crippen molar-refractivity contribution >= 4 is 5.91 Å². The molecule has 0 bridgehead atoms. The average molecular weight is 386 g/mol. The van der Waals surface area contributed by atoms with Crippen LogP contribution in [0.1, 0.15) is 45.4 Å². The van der Waals surface area contributed by atoms with Crippen molar-refractivity contribution in [3.63, 3.8) is 0 Å². The Balaban J connectivity index is 1.57. The quantitative estimate of drug-likeness (QED) is 0.750. The van der Waals surface area contributed by atoms with Crippen molar-refractivity contribution in [3.8, 4) is 17.1 Å². The van der Waals surface area contributed by atoms with Crippen molar-refractivity contribution in [3.05, 3.63) is 30.2 Å². The summed E-state index contributed by atoms with van der Waals surface area (Å²) in [6, 6.07) is 7.84. The SMILES string of the molecule is CCC(CC)NC(=O)C1CCCN(Cc2nc(-c3ccc(OC)cc3)no2)C1. The van der Waals surface area contributed by atoms with E-state index < -0.39 is 0 Å². The van der Waals surface area contributed by atoms with E-state index in [9.17, 15) is 4.79 Å². The van der Waals surface area contributed by atoms with E-state index in [0.717, 1.165) is 50.1 Å². The number of carbonyl (C=O) groups excluding carboxylic acids is 1. The predicted molar refractivity (Wildman–Crippen MR) is 107 cm³/mol. The molecule has 1 aliphatic rings. The normalized spacial score (nSPS) is 17.6. The molecule has 2 heterocycles. The number of nitrogens with one attached hydrogen (secondary N) is 1. The first kappa shape index (κ1) is 20.3. The number of methoxy groups -OCH3 is 1. The molecule has 152 valence electrons. The van der Waals surface area contributed by atoms with Gasteiger partial charge in [-0.05, 0) is 56.5 Å². The summed E-state index contributed by atoms with van der Waals surface area (Å²) in [6.07, 6.45) is 3.87. The lowest BCUT2D eigenvalue weighted by Crippen LogP contribution is -2.45. The molecule has 0 spiro atoms. The van der Waals surface area contributed by atoms with Crippen molar-refractivity contribution in [2.45, 2.75) is 52.1 Å². The van der Waals surface area contributed by atoms with Crippen molar-refractivity contribution in [2.75, 3.05) is 20.2 Å². The summed E-state index contributed by atoms with van der Waals surface area (Å²) in [5, 5.41) is 7.27. The average Bonchev–Trinajstić information content (AvgIpc) is 3.20. The zero-order valence-electron chi connectivity index (χ0n) is 17.0. The zero-order chi connectivity index (χ0) is 19.9. The van der Waals surface area contributed by atoms with E-state index in [2.05, 4.69) is 34.2 Å². The van der Waals surface area contributed by atoms with Gasteiger partial charge >= 0.3 is 0 Å². The molecule has 0 radical (unpaired) electrons. The number of likely N-dealkylation sites (tertiary alicyclic amines) is 1. The third-order valence-electron chi connectivity index (χ3n) is 5.38. The van der Waals surface area contributed by atoms with Gasteiger partial charge in [0.25, 0.3) is 0 Å². The maximum atomic E-state index is 12.6. The van der Waals surface area contributed by atoms with Gasteiger partial charge in [0.1, 0.15) is 5.75 Å². The highest BCUT2D eigenvalue weighted by Crippen LogP contribution is 2.22. The molecular weight excluding hydrogens is 356 g/mol. The first-order valence-electron chi connectivity index (χ1n) is 10.1. The fourth-order valence-corrected chi connectivity index (χ4v) is 3.59. The highest BCUT2D eigenvalue weighted by atomic mass is 16.5. The maximum Gasteiger partial charge on any atom is 0.241 e. The molecule has 1 aromatic carbocycles. The molecule has 1 fully saturated rings. The molecule has 1 aromatic heterocycles. The number of piperidine rings is 1. The lowest BCUT2D eigenvalue weighted by atomic mass is 9.96. The molecule has 1 saturated heterocycles. The van der Waals surface area contributed by atoms with Crippen LogP contribution in [0.25, 0.3) is 11.4 Å². The minimum absolute atomic E-state index is 0.0262. The van der Waals surface area contributed by atoms with Crippen molar-refractivity contribution in [2.24, 2.45) is 5.92 Å². The second-order valence-electron chi connectivity index (χ2n) is 7.34. The van der Waals surface area contributed by atoms with E-state index in [0.29, 0.717) is 18.3 Å².